The predicted octanol–water partition coefficient (Wildman–Crippen LogP) is 4.24. The van der Waals surface area contributed by atoms with Crippen LogP contribution in [0.1, 0.15) is 44.3 Å². The molecule has 2 nitrogen and oxygen atoms in total. The first-order valence-corrected chi connectivity index (χ1v) is 6.42. The van der Waals surface area contributed by atoms with Crippen molar-refractivity contribution in [3.63, 3.8) is 0 Å². The lowest BCUT2D eigenvalue weighted by Gasteiger charge is -2.11. The van der Waals surface area contributed by atoms with Gasteiger partial charge in [-0.05, 0) is 18.6 Å². The molecule has 1 atom stereocenters. The number of fused-ring (bicyclic) bond motifs is 1. The Balaban J connectivity index is 0.00000162. The number of benzene rings is 1. The summed E-state index contributed by atoms with van der Waals surface area (Å²) in [6.45, 7) is 2.21. The Morgan fingerprint density at radius 3 is 2.67 bits per heavy atom. The maximum atomic E-state index is 6.16. The highest BCUT2D eigenvalue weighted by Crippen LogP contribution is 2.19. The monoisotopic (exact) mass is 264 g/mol. The molecule has 0 fully saturated rings. The van der Waals surface area contributed by atoms with Gasteiger partial charge in [0.1, 0.15) is 0 Å². The van der Waals surface area contributed by atoms with E-state index in [9.17, 15) is 0 Å². The van der Waals surface area contributed by atoms with Crippen molar-refractivity contribution in [2.45, 2.75) is 38.6 Å². The topological polar surface area (TPSA) is 38.9 Å². The van der Waals surface area contributed by atoms with E-state index in [1.54, 1.807) is 0 Å². The average molecular weight is 265 g/mol. The van der Waals surface area contributed by atoms with Gasteiger partial charge in [-0.1, -0.05) is 50.5 Å². The van der Waals surface area contributed by atoms with Gasteiger partial charge >= 0.3 is 0 Å². The van der Waals surface area contributed by atoms with Crippen LogP contribution in [0.2, 0.25) is 0 Å². The van der Waals surface area contributed by atoms with Gasteiger partial charge < -0.3 is 5.73 Å². The number of hydrogen-bond donors (Lipinski definition) is 1. The quantitative estimate of drug-likeness (QED) is 0.821. The molecule has 0 amide bonds. The third-order valence-electron chi connectivity index (χ3n) is 3.12. The molecule has 3 heteroatoms. The minimum absolute atomic E-state index is 0. The second-order valence-electron chi connectivity index (χ2n) is 4.53. The Morgan fingerprint density at radius 1 is 1.11 bits per heavy atom. The van der Waals surface area contributed by atoms with Crippen LogP contribution in [0.25, 0.3) is 10.9 Å². The number of unbranched alkanes of at least 4 members (excludes halogenated alkanes) is 2. The Labute approximate surface area is 115 Å². The number of rotatable bonds is 5. The van der Waals surface area contributed by atoms with E-state index in [0.29, 0.717) is 0 Å². The van der Waals surface area contributed by atoms with Gasteiger partial charge in [0, 0.05) is 11.4 Å². The molecule has 0 aliphatic rings. The summed E-state index contributed by atoms with van der Waals surface area (Å²) in [4.78, 5) is 4.63. The van der Waals surface area contributed by atoms with Crippen LogP contribution in [0.5, 0.6) is 0 Å². The second kappa shape index (κ2) is 7.34. The smallest absolute Gasteiger partial charge is 0.0706 e. The second-order valence-corrected chi connectivity index (χ2v) is 4.53. The number of halogens is 1. The highest BCUT2D eigenvalue weighted by Gasteiger charge is 2.07. The summed E-state index contributed by atoms with van der Waals surface area (Å²) >= 11 is 0. The molecular weight excluding hydrogens is 244 g/mol. The highest BCUT2D eigenvalue weighted by molar-refractivity contribution is 5.85. The third kappa shape index (κ3) is 3.69. The van der Waals surface area contributed by atoms with Crippen molar-refractivity contribution in [2.75, 3.05) is 0 Å². The van der Waals surface area contributed by atoms with Crippen molar-refractivity contribution in [1.29, 1.82) is 0 Å². The molecule has 0 aliphatic carbocycles. The van der Waals surface area contributed by atoms with E-state index in [1.807, 2.05) is 18.2 Å². The number of para-hydroxylation sites is 1. The van der Waals surface area contributed by atoms with Gasteiger partial charge in [0.2, 0.25) is 0 Å². The first-order chi connectivity index (χ1) is 8.31. The fourth-order valence-corrected chi connectivity index (χ4v) is 2.05. The summed E-state index contributed by atoms with van der Waals surface area (Å²) < 4.78 is 0. The fourth-order valence-electron chi connectivity index (χ4n) is 2.05. The van der Waals surface area contributed by atoms with Gasteiger partial charge in [-0.25, -0.2) is 0 Å². The zero-order valence-electron chi connectivity index (χ0n) is 10.8. The molecule has 0 unspecified atom stereocenters. The molecule has 18 heavy (non-hydrogen) atoms. The maximum absolute atomic E-state index is 6.16. The molecule has 0 radical (unpaired) electrons. The molecule has 0 aliphatic heterocycles. The maximum Gasteiger partial charge on any atom is 0.0706 e. The van der Waals surface area contributed by atoms with E-state index in [-0.39, 0.29) is 18.4 Å². The molecule has 0 saturated heterocycles. The zero-order chi connectivity index (χ0) is 12.1. The van der Waals surface area contributed by atoms with Crippen LogP contribution in [0.15, 0.2) is 36.4 Å². The summed E-state index contributed by atoms with van der Waals surface area (Å²) in [6, 6.07) is 12.4. The van der Waals surface area contributed by atoms with Crippen LogP contribution < -0.4 is 5.73 Å². The SMILES string of the molecule is CCCCC[C@H](N)c1ccc2ccccc2n1.Cl. The van der Waals surface area contributed by atoms with Crippen LogP contribution in [-0.2, 0) is 0 Å². The van der Waals surface area contributed by atoms with E-state index in [4.69, 9.17) is 5.73 Å². The first kappa shape index (κ1) is 14.9. The van der Waals surface area contributed by atoms with Crippen LogP contribution in [0, 0.1) is 0 Å². The lowest BCUT2D eigenvalue weighted by Crippen LogP contribution is -2.11. The molecule has 98 valence electrons. The van der Waals surface area contributed by atoms with Gasteiger partial charge in [0.25, 0.3) is 0 Å². The van der Waals surface area contributed by atoms with Gasteiger partial charge in [0.05, 0.1) is 11.2 Å². The summed E-state index contributed by atoms with van der Waals surface area (Å²) in [7, 11) is 0. The van der Waals surface area contributed by atoms with Crippen LogP contribution in [0.4, 0.5) is 0 Å². The summed E-state index contributed by atoms with van der Waals surface area (Å²) in [5, 5.41) is 1.18. The molecule has 0 bridgehead atoms. The minimum Gasteiger partial charge on any atom is -0.323 e. The van der Waals surface area contributed by atoms with Crippen molar-refractivity contribution in [2.24, 2.45) is 5.73 Å². The van der Waals surface area contributed by atoms with E-state index in [2.05, 4.69) is 30.1 Å². The molecule has 2 N–H and O–H groups in total. The van der Waals surface area contributed by atoms with Crippen molar-refractivity contribution in [3.05, 3.63) is 42.1 Å². The van der Waals surface area contributed by atoms with Crippen LogP contribution >= 0.6 is 12.4 Å². The Kier molecular flexibility index (Phi) is 6.10. The standard InChI is InChI=1S/C15H20N2.ClH/c1-2-3-4-8-13(16)15-11-10-12-7-5-6-9-14(12)17-15;/h5-7,9-11,13H,2-4,8,16H2,1H3;1H/t13-;/m0./s1. The largest absolute Gasteiger partial charge is 0.323 e. The Hall–Kier alpha value is -1.12. The highest BCUT2D eigenvalue weighted by atomic mass is 35.5. The van der Waals surface area contributed by atoms with Crippen LogP contribution in [-0.4, -0.2) is 4.98 Å². The average Bonchev–Trinajstić information content (AvgIpc) is 2.38. The molecule has 0 saturated carbocycles. The normalized spacial score (nSPS) is 12.1. The van der Waals surface area contributed by atoms with Crippen molar-refractivity contribution < 1.29 is 0 Å². The minimum atomic E-state index is 0. The van der Waals surface area contributed by atoms with Gasteiger partial charge in [-0.3, -0.25) is 4.98 Å². The molecule has 1 heterocycles. The molecular formula is C15H21ClN2. The lowest BCUT2D eigenvalue weighted by atomic mass is 10.0. The fraction of sp³-hybridized carbons (Fsp3) is 0.400. The predicted molar refractivity (Wildman–Crippen MR) is 80.1 cm³/mol. The van der Waals surface area contributed by atoms with Crippen molar-refractivity contribution in [1.82, 2.24) is 4.98 Å². The summed E-state index contributed by atoms with van der Waals surface area (Å²) in [5.74, 6) is 0. The summed E-state index contributed by atoms with van der Waals surface area (Å²) in [5.41, 5.74) is 8.22. The van der Waals surface area contributed by atoms with Crippen molar-refractivity contribution in [3.8, 4) is 0 Å². The molecule has 1 aromatic heterocycles. The van der Waals surface area contributed by atoms with Crippen molar-refractivity contribution >= 4 is 23.3 Å². The molecule has 2 rings (SSSR count). The van der Waals surface area contributed by atoms with Gasteiger partial charge in [0.15, 0.2) is 0 Å². The van der Waals surface area contributed by atoms with E-state index in [1.165, 1.54) is 24.6 Å². The Morgan fingerprint density at radius 2 is 1.89 bits per heavy atom. The number of pyridine rings is 1. The number of nitrogens with two attached hydrogens (primary N) is 1. The van der Waals surface area contributed by atoms with E-state index < -0.39 is 0 Å². The third-order valence-corrected chi connectivity index (χ3v) is 3.12. The molecule has 1 aromatic carbocycles. The first-order valence-electron chi connectivity index (χ1n) is 6.42. The van der Waals surface area contributed by atoms with Crippen LogP contribution in [0.3, 0.4) is 0 Å². The molecule has 2 aromatic rings. The van der Waals surface area contributed by atoms with Gasteiger partial charge in [-0.2, -0.15) is 0 Å². The number of nitrogens with zero attached hydrogens (tertiary/aromatic N) is 1. The Bertz CT molecular complexity index is 485. The summed E-state index contributed by atoms with van der Waals surface area (Å²) in [6.07, 6.45) is 4.70. The zero-order valence-corrected chi connectivity index (χ0v) is 11.6. The number of aromatic nitrogens is 1. The lowest BCUT2D eigenvalue weighted by molar-refractivity contribution is 0.572. The molecule has 0 spiro atoms. The number of hydrogen-bond acceptors (Lipinski definition) is 2. The van der Waals surface area contributed by atoms with E-state index in [0.717, 1.165) is 17.6 Å². The van der Waals surface area contributed by atoms with E-state index >= 15 is 0 Å². The van der Waals surface area contributed by atoms with Gasteiger partial charge in [-0.15, -0.1) is 12.4 Å².